The zero-order valence-corrected chi connectivity index (χ0v) is 21.0. The van der Waals surface area contributed by atoms with Crippen molar-refractivity contribution in [1.82, 2.24) is 9.55 Å². The molecule has 1 aromatic heterocycles. The number of rotatable bonds is 13. The monoisotopic (exact) mass is 488 g/mol. The van der Waals surface area contributed by atoms with E-state index in [9.17, 15) is 4.57 Å². The predicted octanol–water partition coefficient (Wildman–Crippen LogP) is 7.39. The van der Waals surface area contributed by atoms with E-state index < -0.39 is 8.03 Å². The standard InChI is InChI=1S/C29H33N2O3P/c32-35(33)23-15-4-2-1-3-14-22-34-29-30-27(24-16-8-5-9-17-24)28(25-18-10-6-11-19-25)31(29)26-20-12-7-13-21-26/h5-13,16-21,35H,1-4,14-15,22-23H2,(H,32,33). The molecule has 1 unspecified atom stereocenters. The minimum absolute atomic E-state index is 0.448. The molecule has 4 rings (SSSR count). The smallest absolute Gasteiger partial charge is 0.302 e. The fraction of sp³-hybridized carbons (Fsp3) is 0.276. The molecule has 0 fully saturated rings. The van der Waals surface area contributed by atoms with Crippen LogP contribution in [0.3, 0.4) is 0 Å². The van der Waals surface area contributed by atoms with Crippen LogP contribution in [0, 0.1) is 0 Å². The van der Waals surface area contributed by atoms with E-state index in [1.165, 1.54) is 0 Å². The summed E-state index contributed by atoms with van der Waals surface area (Å²) in [5.74, 6) is 0. The summed E-state index contributed by atoms with van der Waals surface area (Å²) in [6, 6.07) is 31.4. The number of aromatic nitrogens is 2. The molecule has 0 saturated carbocycles. The molecular weight excluding hydrogens is 455 g/mol. The maximum absolute atomic E-state index is 10.8. The minimum atomic E-state index is -2.31. The SMILES string of the molecule is O=[PH](O)CCCCCCCCOc1nc(-c2ccccc2)c(-c2ccccc2)n1-c1ccccc1. The second-order valence-electron chi connectivity index (χ2n) is 8.61. The van der Waals surface area contributed by atoms with Crippen LogP contribution in [0.4, 0.5) is 0 Å². The van der Waals surface area contributed by atoms with Gasteiger partial charge in [0.2, 0.25) is 0 Å². The van der Waals surface area contributed by atoms with Gasteiger partial charge in [0.15, 0.2) is 8.03 Å². The molecule has 0 aliphatic rings. The van der Waals surface area contributed by atoms with Gasteiger partial charge in [-0.3, -0.25) is 9.13 Å². The molecule has 182 valence electrons. The van der Waals surface area contributed by atoms with Crippen molar-refractivity contribution in [3.05, 3.63) is 91.0 Å². The van der Waals surface area contributed by atoms with E-state index in [0.29, 0.717) is 18.8 Å². The molecule has 3 aromatic carbocycles. The Morgan fingerprint density at radius 3 is 1.89 bits per heavy atom. The normalized spacial score (nSPS) is 11.9. The topological polar surface area (TPSA) is 64.3 Å². The molecule has 1 N–H and O–H groups in total. The molecule has 0 aliphatic carbocycles. The summed E-state index contributed by atoms with van der Waals surface area (Å²) < 4.78 is 19.2. The van der Waals surface area contributed by atoms with E-state index in [1.807, 2.05) is 54.6 Å². The molecule has 0 radical (unpaired) electrons. The first-order chi connectivity index (χ1) is 17.2. The van der Waals surface area contributed by atoms with Crippen molar-refractivity contribution in [2.75, 3.05) is 12.8 Å². The molecule has 35 heavy (non-hydrogen) atoms. The molecule has 4 aromatic rings. The highest BCUT2D eigenvalue weighted by atomic mass is 31.1. The summed E-state index contributed by atoms with van der Waals surface area (Å²) in [6.45, 7) is 0.594. The Kier molecular flexibility index (Phi) is 9.33. The van der Waals surface area contributed by atoms with Gasteiger partial charge in [0, 0.05) is 17.3 Å². The Balaban J connectivity index is 1.55. The van der Waals surface area contributed by atoms with Crippen LogP contribution in [0.1, 0.15) is 38.5 Å². The maximum atomic E-state index is 10.8. The molecular formula is C29H33N2O3P. The summed E-state index contributed by atoms with van der Waals surface area (Å²) in [7, 11) is -2.31. The van der Waals surface area contributed by atoms with E-state index in [2.05, 4.69) is 41.0 Å². The van der Waals surface area contributed by atoms with Gasteiger partial charge in [0.05, 0.1) is 18.0 Å². The summed E-state index contributed by atoms with van der Waals surface area (Å²) in [5.41, 5.74) is 5.07. The Labute approximate surface area is 208 Å². The zero-order chi connectivity index (χ0) is 24.3. The number of hydrogen-bond donors (Lipinski definition) is 1. The lowest BCUT2D eigenvalue weighted by Gasteiger charge is -2.13. The number of unbranched alkanes of at least 4 members (excludes halogenated alkanes) is 5. The third kappa shape index (κ3) is 6.94. The largest absolute Gasteiger partial charge is 0.464 e. The van der Waals surface area contributed by atoms with E-state index in [-0.39, 0.29) is 0 Å². The summed E-state index contributed by atoms with van der Waals surface area (Å²) in [4.78, 5) is 13.9. The van der Waals surface area contributed by atoms with Crippen LogP contribution in [0.2, 0.25) is 0 Å². The second-order valence-corrected chi connectivity index (χ2v) is 9.90. The quantitative estimate of drug-likeness (QED) is 0.157. The fourth-order valence-electron chi connectivity index (χ4n) is 4.22. The van der Waals surface area contributed by atoms with E-state index >= 15 is 0 Å². The van der Waals surface area contributed by atoms with Crippen molar-refractivity contribution in [2.45, 2.75) is 38.5 Å². The first-order valence-corrected chi connectivity index (χ1v) is 13.9. The molecule has 0 bridgehead atoms. The number of benzene rings is 3. The van der Waals surface area contributed by atoms with Gasteiger partial charge < -0.3 is 9.63 Å². The van der Waals surface area contributed by atoms with E-state index in [4.69, 9.17) is 14.6 Å². The molecule has 0 spiro atoms. The van der Waals surface area contributed by atoms with Crippen molar-refractivity contribution < 1.29 is 14.2 Å². The Bertz CT molecular complexity index is 1190. The molecule has 6 heteroatoms. The minimum Gasteiger partial charge on any atom is -0.464 e. The van der Waals surface area contributed by atoms with Crippen molar-refractivity contribution in [1.29, 1.82) is 0 Å². The number of nitrogens with zero attached hydrogens (tertiary/aromatic N) is 2. The molecule has 0 aliphatic heterocycles. The third-order valence-corrected chi connectivity index (χ3v) is 6.75. The van der Waals surface area contributed by atoms with Crippen LogP contribution in [0.15, 0.2) is 91.0 Å². The number of para-hydroxylation sites is 1. The number of imidazole rings is 1. The van der Waals surface area contributed by atoms with Crippen LogP contribution in [0.5, 0.6) is 6.01 Å². The van der Waals surface area contributed by atoms with Gasteiger partial charge in [-0.25, -0.2) is 0 Å². The predicted molar refractivity (Wildman–Crippen MR) is 144 cm³/mol. The lowest BCUT2D eigenvalue weighted by molar-refractivity contribution is 0.278. The molecule has 0 amide bonds. The van der Waals surface area contributed by atoms with Gasteiger partial charge in [0.1, 0.15) is 5.69 Å². The highest BCUT2D eigenvalue weighted by Crippen LogP contribution is 2.37. The van der Waals surface area contributed by atoms with Crippen LogP contribution in [-0.2, 0) is 4.57 Å². The highest BCUT2D eigenvalue weighted by Gasteiger charge is 2.22. The first kappa shape index (κ1) is 25.0. The first-order valence-electron chi connectivity index (χ1n) is 12.4. The van der Waals surface area contributed by atoms with Crippen molar-refractivity contribution in [3.63, 3.8) is 0 Å². The summed E-state index contributed by atoms with van der Waals surface area (Å²) >= 11 is 0. The zero-order valence-electron chi connectivity index (χ0n) is 20.0. The average Bonchev–Trinajstić information content (AvgIpc) is 3.28. The van der Waals surface area contributed by atoms with Gasteiger partial charge >= 0.3 is 6.01 Å². The average molecular weight is 489 g/mol. The summed E-state index contributed by atoms with van der Waals surface area (Å²) in [6.07, 6.45) is 6.50. The molecule has 0 saturated heterocycles. The van der Waals surface area contributed by atoms with Gasteiger partial charge in [-0.15, -0.1) is 0 Å². The molecule has 1 heterocycles. The van der Waals surface area contributed by atoms with Gasteiger partial charge in [-0.05, 0) is 25.0 Å². The van der Waals surface area contributed by atoms with Crippen LogP contribution in [-0.4, -0.2) is 27.2 Å². The number of ether oxygens (including phenoxy) is 1. The third-order valence-electron chi connectivity index (χ3n) is 5.97. The van der Waals surface area contributed by atoms with E-state index in [1.54, 1.807) is 0 Å². The molecule has 1 atom stereocenters. The summed E-state index contributed by atoms with van der Waals surface area (Å²) in [5, 5.41) is 0. The van der Waals surface area contributed by atoms with Gasteiger partial charge in [-0.1, -0.05) is 105 Å². The van der Waals surface area contributed by atoms with Crippen molar-refractivity contribution in [3.8, 4) is 34.2 Å². The Morgan fingerprint density at radius 2 is 1.26 bits per heavy atom. The van der Waals surface area contributed by atoms with Crippen LogP contribution >= 0.6 is 8.03 Å². The van der Waals surface area contributed by atoms with Crippen molar-refractivity contribution in [2.24, 2.45) is 0 Å². The van der Waals surface area contributed by atoms with Crippen LogP contribution in [0.25, 0.3) is 28.2 Å². The molecule has 5 nitrogen and oxygen atoms in total. The Morgan fingerprint density at radius 1 is 0.714 bits per heavy atom. The lowest BCUT2D eigenvalue weighted by atomic mass is 10.0. The van der Waals surface area contributed by atoms with Gasteiger partial charge in [0.25, 0.3) is 0 Å². The maximum Gasteiger partial charge on any atom is 0.302 e. The van der Waals surface area contributed by atoms with Crippen molar-refractivity contribution >= 4 is 8.03 Å². The van der Waals surface area contributed by atoms with Gasteiger partial charge in [-0.2, -0.15) is 4.98 Å². The lowest BCUT2D eigenvalue weighted by Crippen LogP contribution is -2.05. The second kappa shape index (κ2) is 13.1. The number of hydrogen-bond acceptors (Lipinski definition) is 3. The van der Waals surface area contributed by atoms with E-state index in [0.717, 1.165) is 66.7 Å². The highest BCUT2D eigenvalue weighted by molar-refractivity contribution is 7.37. The fourth-order valence-corrected chi connectivity index (χ4v) is 4.77. The van der Waals surface area contributed by atoms with Crippen LogP contribution < -0.4 is 4.74 Å². The Hall–Kier alpha value is -3.14.